The van der Waals surface area contributed by atoms with Gasteiger partial charge in [-0.05, 0) is 68.4 Å². The Morgan fingerprint density at radius 3 is 2.33 bits per heavy atom. The summed E-state index contributed by atoms with van der Waals surface area (Å²) in [4.78, 5) is 17.5. The van der Waals surface area contributed by atoms with E-state index in [1.807, 2.05) is 0 Å². The van der Waals surface area contributed by atoms with Crippen LogP contribution in [0, 0.1) is 5.41 Å². The number of rotatable bonds is 7. The number of carbonyl (C=O) groups excluding carboxylic acids is 1. The molecule has 0 unspecified atom stereocenters. The zero-order valence-corrected chi connectivity index (χ0v) is 23.5. The molecular formula is C28H34F2N6O3S. The van der Waals surface area contributed by atoms with Crippen LogP contribution in [0.1, 0.15) is 49.4 Å². The molecule has 2 aromatic carbocycles. The molecule has 3 aromatic rings. The predicted molar refractivity (Wildman–Crippen MR) is 153 cm³/mol. The van der Waals surface area contributed by atoms with Crippen molar-refractivity contribution in [1.82, 2.24) is 9.78 Å². The van der Waals surface area contributed by atoms with Gasteiger partial charge in [-0.25, -0.2) is 17.2 Å². The number of aryl methyl sites for hydroxylation is 1. The normalized spacial score (nSPS) is 19.8. The second kappa shape index (κ2) is 9.60. The Hall–Kier alpha value is -3.41. The van der Waals surface area contributed by atoms with Gasteiger partial charge in [0, 0.05) is 50.4 Å². The first-order valence-electron chi connectivity index (χ1n) is 13.8. The van der Waals surface area contributed by atoms with Crippen molar-refractivity contribution >= 4 is 49.6 Å². The summed E-state index contributed by atoms with van der Waals surface area (Å²) in [5.41, 5.74) is 3.58. The summed E-state index contributed by atoms with van der Waals surface area (Å²) < 4.78 is 56.8. The molecule has 2 saturated heterocycles. The van der Waals surface area contributed by atoms with Gasteiger partial charge in [0.25, 0.3) is 11.8 Å². The molecule has 9 nitrogen and oxygen atoms in total. The Balaban J connectivity index is 1.32. The van der Waals surface area contributed by atoms with Crippen LogP contribution in [0.5, 0.6) is 0 Å². The monoisotopic (exact) mass is 572 g/mol. The standard InChI is InChI=1S/C28H34F2N6O3S/c1-3-40(38,39)33-20-4-5-22(23(15-20)35-11-8-27(6-7-27)9-12-35)26(37)31-21-14-19-17-34(2)32-25(19)24(16-21)36-13-10-28(29,30)18-36/h4-5,14-17,33H,3,6-13,18H2,1-2H3,(H,31,37). The van der Waals surface area contributed by atoms with E-state index in [-0.39, 0.29) is 24.6 Å². The highest BCUT2D eigenvalue weighted by Gasteiger charge is 2.44. The maximum Gasteiger partial charge on any atom is 0.266 e. The lowest BCUT2D eigenvalue weighted by Crippen LogP contribution is -2.35. The molecule has 3 heterocycles. The van der Waals surface area contributed by atoms with Crippen LogP contribution in [-0.4, -0.2) is 62.0 Å². The fourth-order valence-corrected chi connectivity index (χ4v) is 6.52. The quantitative estimate of drug-likeness (QED) is 0.422. The van der Waals surface area contributed by atoms with Crippen molar-refractivity contribution in [3.63, 3.8) is 0 Å². The topological polar surface area (TPSA) is 99.6 Å². The number of halogens is 2. The van der Waals surface area contributed by atoms with Gasteiger partial charge in [0.2, 0.25) is 10.0 Å². The van der Waals surface area contributed by atoms with Gasteiger partial charge in [0.05, 0.1) is 34.9 Å². The summed E-state index contributed by atoms with van der Waals surface area (Å²) >= 11 is 0. The maximum absolute atomic E-state index is 14.1. The Bertz CT molecular complexity index is 1570. The van der Waals surface area contributed by atoms with E-state index >= 15 is 0 Å². The third-order valence-electron chi connectivity index (χ3n) is 8.49. The van der Waals surface area contributed by atoms with Gasteiger partial charge < -0.3 is 15.1 Å². The van der Waals surface area contributed by atoms with E-state index in [0.29, 0.717) is 39.2 Å². The molecule has 12 heteroatoms. The molecule has 0 bridgehead atoms. The van der Waals surface area contributed by atoms with Gasteiger partial charge in [-0.3, -0.25) is 14.2 Å². The van der Waals surface area contributed by atoms with Crippen molar-refractivity contribution in [3.8, 4) is 0 Å². The van der Waals surface area contributed by atoms with E-state index in [9.17, 15) is 22.0 Å². The number of piperidine rings is 1. The third kappa shape index (κ3) is 5.33. The van der Waals surface area contributed by atoms with Crippen molar-refractivity contribution in [3.05, 3.63) is 42.1 Å². The van der Waals surface area contributed by atoms with Crippen molar-refractivity contribution in [2.24, 2.45) is 12.5 Å². The van der Waals surface area contributed by atoms with Crippen molar-refractivity contribution in [2.45, 2.75) is 45.0 Å². The highest BCUT2D eigenvalue weighted by Crippen LogP contribution is 2.54. The lowest BCUT2D eigenvalue weighted by molar-refractivity contribution is 0.0257. The first-order chi connectivity index (χ1) is 18.9. The minimum atomic E-state index is -3.49. The Morgan fingerprint density at radius 1 is 0.975 bits per heavy atom. The largest absolute Gasteiger partial charge is 0.371 e. The smallest absolute Gasteiger partial charge is 0.266 e. The number of sulfonamides is 1. The zero-order valence-electron chi connectivity index (χ0n) is 22.7. The molecule has 2 aliphatic heterocycles. The summed E-state index contributed by atoms with van der Waals surface area (Å²) in [5, 5.41) is 8.19. The Morgan fingerprint density at radius 2 is 1.68 bits per heavy atom. The van der Waals surface area contributed by atoms with Crippen LogP contribution in [0.25, 0.3) is 10.9 Å². The van der Waals surface area contributed by atoms with E-state index in [2.05, 4.69) is 20.0 Å². The zero-order chi connectivity index (χ0) is 28.3. The molecule has 1 aromatic heterocycles. The lowest BCUT2D eigenvalue weighted by Gasteiger charge is -2.35. The molecule has 40 heavy (non-hydrogen) atoms. The molecule has 1 amide bonds. The van der Waals surface area contributed by atoms with Crippen LogP contribution in [-0.2, 0) is 17.1 Å². The number of fused-ring (bicyclic) bond motifs is 1. The fraction of sp³-hybridized carbons (Fsp3) is 0.500. The van der Waals surface area contributed by atoms with E-state index in [0.717, 1.165) is 31.3 Å². The van der Waals surface area contributed by atoms with Gasteiger partial charge in [-0.1, -0.05) is 0 Å². The van der Waals surface area contributed by atoms with Gasteiger partial charge in [0.1, 0.15) is 5.52 Å². The van der Waals surface area contributed by atoms with Crippen LogP contribution in [0.2, 0.25) is 0 Å². The summed E-state index contributed by atoms with van der Waals surface area (Å²) in [6, 6.07) is 8.47. The van der Waals surface area contributed by atoms with Crippen LogP contribution in [0.3, 0.4) is 0 Å². The fourth-order valence-electron chi connectivity index (χ4n) is 5.89. The molecule has 1 saturated carbocycles. The highest BCUT2D eigenvalue weighted by atomic mass is 32.2. The average Bonchev–Trinajstić information content (AvgIpc) is 3.38. The number of nitrogens with zero attached hydrogens (tertiary/aromatic N) is 4. The molecule has 1 aliphatic carbocycles. The first kappa shape index (κ1) is 26.8. The molecule has 1 spiro atoms. The van der Waals surface area contributed by atoms with Crippen LogP contribution in [0.15, 0.2) is 36.5 Å². The molecule has 214 valence electrons. The number of alkyl halides is 2. The van der Waals surface area contributed by atoms with Crippen LogP contribution in [0.4, 0.5) is 31.5 Å². The number of hydrogen-bond donors (Lipinski definition) is 2. The highest BCUT2D eigenvalue weighted by molar-refractivity contribution is 7.92. The summed E-state index contributed by atoms with van der Waals surface area (Å²) in [6.07, 6.45) is 6.14. The molecular weight excluding hydrogens is 538 g/mol. The molecule has 0 atom stereocenters. The number of hydrogen-bond acceptors (Lipinski definition) is 6. The van der Waals surface area contributed by atoms with Crippen LogP contribution < -0.4 is 19.8 Å². The molecule has 0 radical (unpaired) electrons. The lowest BCUT2D eigenvalue weighted by atomic mass is 9.93. The Labute approximate surface area is 232 Å². The average molecular weight is 573 g/mol. The summed E-state index contributed by atoms with van der Waals surface area (Å²) in [7, 11) is -1.72. The maximum atomic E-state index is 14.1. The van der Waals surface area contributed by atoms with Crippen molar-refractivity contribution in [2.75, 3.05) is 51.8 Å². The van der Waals surface area contributed by atoms with Crippen LogP contribution >= 0.6 is 0 Å². The van der Waals surface area contributed by atoms with Gasteiger partial charge in [-0.2, -0.15) is 5.10 Å². The molecule has 3 aliphatic rings. The third-order valence-corrected chi connectivity index (χ3v) is 9.80. The van der Waals surface area contributed by atoms with E-state index < -0.39 is 22.5 Å². The first-order valence-corrected chi connectivity index (χ1v) is 15.4. The van der Waals surface area contributed by atoms with E-state index in [1.165, 1.54) is 12.8 Å². The molecule has 2 N–H and O–H groups in total. The number of carbonyl (C=O) groups is 1. The molecule has 6 rings (SSSR count). The predicted octanol–water partition coefficient (Wildman–Crippen LogP) is 4.81. The molecule has 3 fully saturated rings. The van der Waals surface area contributed by atoms with E-state index in [1.54, 1.807) is 60.1 Å². The number of nitrogens with one attached hydrogen (secondary N) is 2. The minimum Gasteiger partial charge on any atom is -0.371 e. The van der Waals surface area contributed by atoms with Gasteiger partial charge in [0.15, 0.2) is 0 Å². The SMILES string of the molecule is CCS(=O)(=O)Nc1ccc(C(=O)Nc2cc(N3CCC(F)(F)C3)c3nn(C)cc3c2)c(N2CCC3(CC2)CC3)c1. The summed E-state index contributed by atoms with van der Waals surface area (Å²) in [5.74, 6) is -3.18. The second-order valence-electron chi connectivity index (χ2n) is 11.4. The number of amides is 1. The number of aromatic nitrogens is 2. The van der Waals surface area contributed by atoms with E-state index in [4.69, 9.17) is 0 Å². The van der Waals surface area contributed by atoms with Gasteiger partial charge in [-0.15, -0.1) is 0 Å². The number of benzene rings is 2. The second-order valence-corrected chi connectivity index (χ2v) is 13.5. The van der Waals surface area contributed by atoms with Crippen molar-refractivity contribution in [1.29, 1.82) is 0 Å². The minimum absolute atomic E-state index is 0.0566. The Kier molecular flexibility index (Phi) is 6.43. The summed E-state index contributed by atoms with van der Waals surface area (Å²) in [6.45, 7) is 2.96. The van der Waals surface area contributed by atoms with Gasteiger partial charge >= 0.3 is 0 Å². The van der Waals surface area contributed by atoms with Crippen molar-refractivity contribution < 1.29 is 22.0 Å². The number of anilines is 4.